The van der Waals surface area contributed by atoms with Crippen LogP contribution in [0.1, 0.15) is 29.3 Å². The minimum Gasteiger partial charge on any atom is -0.455 e. The molecule has 172 valence electrons. The van der Waals surface area contributed by atoms with Crippen molar-refractivity contribution in [2.75, 3.05) is 18.5 Å². The zero-order chi connectivity index (χ0) is 24.0. The zero-order valence-electron chi connectivity index (χ0n) is 17.8. The molecule has 1 fully saturated rings. The number of carbonyl (C=O) groups excluding carboxylic acids is 4. The molecule has 0 radical (unpaired) electrons. The molecule has 1 aliphatic rings. The first-order chi connectivity index (χ1) is 15.8. The second kappa shape index (κ2) is 10.4. The van der Waals surface area contributed by atoms with Crippen molar-refractivity contribution in [1.29, 1.82) is 0 Å². The van der Waals surface area contributed by atoms with E-state index in [1.54, 1.807) is 12.1 Å². The molecule has 2 aromatic rings. The molecule has 0 aromatic heterocycles. The summed E-state index contributed by atoms with van der Waals surface area (Å²) in [6, 6.07) is 12.1. The van der Waals surface area contributed by atoms with Crippen molar-refractivity contribution < 1.29 is 28.8 Å². The minimum absolute atomic E-state index is 0.114. The highest BCUT2D eigenvalue weighted by molar-refractivity contribution is 5.97. The highest BCUT2D eigenvalue weighted by Gasteiger charge is 2.36. The SMILES string of the molecule is CCc1ccccc1NC(=O)COC(=O)[C@H]1CC(=O)N(NC(=O)c2ccc([N+](=O)[O-])cc2)C1. The summed E-state index contributed by atoms with van der Waals surface area (Å²) < 4.78 is 5.05. The Labute approximate surface area is 188 Å². The summed E-state index contributed by atoms with van der Waals surface area (Å²) in [5.41, 5.74) is 3.90. The van der Waals surface area contributed by atoms with Crippen LogP contribution >= 0.6 is 0 Å². The number of hydrogen-bond donors (Lipinski definition) is 2. The Morgan fingerprint density at radius 2 is 1.85 bits per heavy atom. The van der Waals surface area contributed by atoms with Crippen LogP contribution in [-0.2, 0) is 25.5 Å². The fourth-order valence-corrected chi connectivity index (χ4v) is 3.29. The van der Waals surface area contributed by atoms with Crippen molar-refractivity contribution in [3.8, 4) is 0 Å². The van der Waals surface area contributed by atoms with E-state index in [9.17, 15) is 29.3 Å². The van der Waals surface area contributed by atoms with Crippen molar-refractivity contribution in [3.63, 3.8) is 0 Å². The van der Waals surface area contributed by atoms with Gasteiger partial charge in [0.1, 0.15) is 0 Å². The minimum atomic E-state index is -0.842. The van der Waals surface area contributed by atoms with Crippen LogP contribution in [0.2, 0.25) is 0 Å². The number of benzene rings is 2. The van der Waals surface area contributed by atoms with Gasteiger partial charge in [0.25, 0.3) is 17.5 Å². The van der Waals surface area contributed by atoms with Crippen LogP contribution in [0.3, 0.4) is 0 Å². The third-order valence-corrected chi connectivity index (χ3v) is 5.05. The topological polar surface area (TPSA) is 148 Å². The third kappa shape index (κ3) is 5.91. The molecule has 0 spiro atoms. The fraction of sp³-hybridized carbons (Fsp3) is 0.273. The second-order valence-electron chi connectivity index (χ2n) is 7.32. The second-order valence-corrected chi connectivity index (χ2v) is 7.32. The lowest BCUT2D eigenvalue weighted by Gasteiger charge is -2.17. The predicted molar refractivity (Wildman–Crippen MR) is 116 cm³/mol. The van der Waals surface area contributed by atoms with Gasteiger partial charge in [-0.05, 0) is 30.2 Å². The average molecular weight is 454 g/mol. The smallest absolute Gasteiger partial charge is 0.311 e. The van der Waals surface area contributed by atoms with Gasteiger partial charge in [0, 0.05) is 29.8 Å². The van der Waals surface area contributed by atoms with E-state index in [0.717, 1.165) is 17.0 Å². The van der Waals surface area contributed by atoms with Crippen molar-refractivity contribution >= 4 is 35.1 Å². The van der Waals surface area contributed by atoms with E-state index < -0.39 is 41.1 Å². The molecule has 0 aliphatic carbocycles. The molecule has 1 aliphatic heterocycles. The van der Waals surface area contributed by atoms with E-state index in [-0.39, 0.29) is 24.2 Å². The number of rotatable bonds is 8. The Kier molecular flexibility index (Phi) is 7.34. The molecule has 2 aromatic carbocycles. The van der Waals surface area contributed by atoms with E-state index in [1.165, 1.54) is 24.3 Å². The number of nitrogens with zero attached hydrogens (tertiary/aromatic N) is 2. The van der Waals surface area contributed by atoms with Gasteiger partial charge in [0.2, 0.25) is 5.91 Å². The van der Waals surface area contributed by atoms with E-state index in [1.807, 2.05) is 19.1 Å². The zero-order valence-corrected chi connectivity index (χ0v) is 17.8. The quantitative estimate of drug-likeness (QED) is 0.351. The molecular formula is C22H22N4O7. The number of non-ortho nitro benzene ring substituents is 1. The van der Waals surface area contributed by atoms with Crippen LogP contribution in [0.5, 0.6) is 0 Å². The normalized spacial score (nSPS) is 15.1. The molecule has 1 atom stereocenters. The van der Waals surface area contributed by atoms with Crippen molar-refractivity contribution in [1.82, 2.24) is 10.4 Å². The van der Waals surface area contributed by atoms with Gasteiger partial charge in [0.15, 0.2) is 6.61 Å². The molecule has 0 bridgehead atoms. The Hall–Kier alpha value is -4.28. The maximum Gasteiger partial charge on any atom is 0.311 e. The number of hydrogen-bond acceptors (Lipinski definition) is 7. The summed E-state index contributed by atoms with van der Waals surface area (Å²) in [6.07, 6.45) is 0.543. The molecule has 0 saturated carbocycles. The van der Waals surface area contributed by atoms with Crippen LogP contribution in [0, 0.1) is 16.0 Å². The number of amides is 3. The van der Waals surface area contributed by atoms with Crippen molar-refractivity contribution in [3.05, 3.63) is 69.8 Å². The largest absolute Gasteiger partial charge is 0.455 e. The number of anilines is 1. The number of nitro benzene ring substituents is 1. The first-order valence-electron chi connectivity index (χ1n) is 10.2. The maximum absolute atomic E-state index is 12.3. The van der Waals surface area contributed by atoms with E-state index in [2.05, 4.69) is 10.7 Å². The van der Waals surface area contributed by atoms with E-state index in [0.29, 0.717) is 5.69 Å². The Morgan fingerprint density at radius 1 is 1.15 bits per heavy atom. The van der Waals surface area contributed by atoms with Gasteiger partial charge in [-0.15, -0.1) is 0 Å². The summed E-state index contributed by atoms with van der Waals surface area (Å²) in [6.45, 7) is 1.34. The highest BCUT2D eigenvalue weighted by atomic mass is 16.6. The molecule has 1 heterocycles. The monoisotopic (exact) mass is 454 g/mol. The number of nitrogens with one attached hydrogen (secondary N) is 2. The van der Waals surface area contributed by atoms with E-state index in [4.69, 9.17) is 4.74 Å². The summed E-state index contributed by atoms with van der Waals surface area (Å²) in [7, 11) is 0. The van der Waals surface area contributed by atoms with Crippen LogP contribution in [0.15, 0.2) is 48.5 Å². The fourth-order valence-electron chi connectivity index (χ4n) is 3.29. The summed E-state index contributed by atoms with van der Waals surface area (Å²) in [4.78, 5) is 59.0. The number of ether oxygens (including phenoxy) is 1. The summed E-state index contributed by atoms with van der Waals surface area (Å²) in [5.74, 6) is -3.22. The summed E-state index contributed by atoms with van der Waals surface area (Å²) >= 11 is 0. The number of esters is 1. The number of hydrazine groups is 1. The predicted octanol–water partition coefficient (Wildman–Crippen LogP) is 1.83. The lowest BCUT2D eigenvalue weighted by atomic mass is 10.1. The number of aryl methyl sites for hydroxylation is 1. The van der Waals surface area contributed by atoms with Crippen molar-refractivity contribution in [2.45, 2.75) is 19.8 Å². The molecule has 1 saturated heterocycles. The van der Waals surface area contributed by atoms with Gasteiger partial charge in [0.05, 0.1) is 17.4 Å². The van der Waals surface area contributed by atoms with Gasteiger partial charge in [-0.1, -0.05) is 25.1 Å². The summed E-state index contributed by atoms with van der Waals surface area (Å²) in [5, 5.41) is 14.4. The first kappa shape index (κ1) is 23.4. The van der Waals surface area contributed by atoms with Gasteiger partial charge in [-0.3, -0.25) is 39.7 Å². The molecule has 3 rings (SSSR count). The van der Waals surface area contributed by atoms with Crippen molar-refractivity contribution in [2.24, 2.45) is 5.92 Å². The van der Waals surface area contributed by atoms with Crippen LogP contribution in [0.25, 0.3) is 0 Å². The van der Waals surface area contributed by atoms with Crippen LogP contribution in [0.4, 0.5) is 11.4 Å². The molecule has 33 heavy (non-hydrogen) atoms. The van der Waals surface area contributed by atoms with Gasteiger partial charge in [-0.2, -0.15) is 0 Å². The third-order valence-electron chi connectivity index (χ3n) is 5.05. The molecule has 11 nitrogen and oxygen atoms in total. The lowest BCUT2D eigenvalue weighted by Crippen LogP contribution is -2.43. The first-order valence-corrected chi connectivity index (χ1v) is 10.2. The number of nitro groups is 1. The molecule has 0 unspecified atom stereocenters. The number of para-hydroxylation sites is 1. The molecular weight excluding hydrogens is 432 g/mol. The molecule has 3 amide bonds. The standard InChI is InChI=1S/C22H22N4O7/c1-2-14-5-3-4-6-18(14)23-19(27)13-33-22(30)16-11-20(28)25(12-16)24-21(29)15-7-9-17(10-8-15)26(31)32/h3-10,16H,2,11-13H2,1H3,(H,23,27)(H,24,29)/t16-/m0/s1. The van der Waals surface area contributed by atoms with Crippen LogP contribution in [-0.4, -0.2) is 46.8 Å². The highest BCUT2D eigenvalue weighted by Crippen LogP contribution is 2.19. The molecule has 11 heteroatoms. The van der Waals surface area contributed by atoms with Gasteiger partial charge in [-0.25, -0.2) is 0 Å². The van der Waals surface area contributed by atoms with Crippen LogP contribution < -0.4 is 10.7 Å². The Balaban J connectivity index is 1.49. The van der Waals surface area contributed by atoms with Gasteiger partial charge < -0.3 is 10.1 Å². The average Bonchev–Trinajstić information content (AvgIpc) is 3.18. The maximum atomic E-state index is 12.3. The number of carbonyl (C=O) groups is 4. The lowest BCUT2D eigenvalue weighted by molar-refractivity contribution is -0.384. The Morgan fingerprint density at radius 3 is 2.52 bits per heavy atom. The molecule has 2 N–H and O–H groups in total. The van der Waals surface area contributed by atoms with E-state index >= 15 is 0 Å². The van der Waals surface area contributed by atoms with Gasteiger partial charge >= 0.3 is 5.97 Å². The Bertz CT molecular complexity index is 1080.